The van der Waals surface area contributed by atoms with Gasteiger partial charge in [0.05, 0.1) is 17.3 Å². The maximum Gasteiger partial charge on any atom is 0.189 e. The van der Waals surface area contributed by atoms with Gasteiger partial charge in [0.2, 0.25) is 0 Å². The second kappa shape index (κ2) is 12.0. The number of fused-ring (bicyclic) bond motifs is 1. The molecule has 272 valence electrons. The number of carbonyl (C=O) groups is 1. The Kier molecular flexibility index (Phi) is 7.99. The lowest BCUT2D eigenvalue weighted by Gasteiger charge is -2.71. The number of allylic oxidation sites excluding steroid dienone is 4. The molecule has 2 bridgehead atoms. The molecule has 3 N–H and O–H groups in total. The maximum absolute atomic E-state index is 15.0. The van der Waals surface area contributed by atoms with Crippen LogP contribution in [0.15, 0.2) is 103 Å². The molecule has 3 aromatic rings. The first-order valence-electron chi connectivity index (χ1n) is 19.6. The number of nitrogens with zero attached hydrogens (tertiary/aromatic N) is 1. The zero-order chi connectivity index (χ0) is 36.1. The van der Waals surface area contributed by atoms with Crippen molar-refractivity contribution in [3.63, 3.8) is 0 Å². The number of aliphatic hydroxyl groups excluding tert-OH is 1. The van der Waals surface area contributed by atoms with Crippen molar-refractivity contribution in [3.05, 3.63) is 119 Å². The van der Waals surface area contributed by atoms with Crippen molar-refractivity contribution in [1.82, 2.24) is 4.90 Å². The number of ketones is 1. The number of hydrogen-bond donors (Lipinski definition) is 3. The Morgan fingerprint density at radius 1 is 0.769 bits per heavy atom. The first-order valence-corrected chi connectivity index (χ1v) is 20.0. The number of carbonyl (C=O) groups excluding carboxylic acids is 1. The predicted molar refractivity (Wildman–Crippen MR) is 206 cm³/mol. The molecule has 8 unspecified atom stereocenters. The van der Waals surface area contributed by atoms with Crippen LogP contribution in [0.4, 0.5) is 0 Å². The van der Waals surface area contributed by atoms with Gasteiger partial charge in [0.25, 0.3) is 0 Å². The molecule has 2 spiro atoms. The van der Waals surface area contributed by atoms with Gasteiger partial charge in [-0.25, -0.2) is 0 Å². The third kappa shape index (κ3) is 4.85. The van der Waals surface area contributed by atoms with Crippen LogP contribution in [0.3, 0.4) is 0 Å². The summed E-state index contributed by atoms with van der Waals surface area (Å²) in [7, 11) is 0. The van der Waals surface area contributed by atoms with Crippen molar-refractivity contribution >= 4 is 17.4 Å². The van der Waals surface area contributed by atoms with Gasteiger partial charge in [-0.15, -0.1) is 0 Å². The van der Waals surface area contributed by atoms with Crippen LogP contribution in [0.2, 0.25) is 5.02 Å². The fourth-order valence-electron chi connectivity index (χ4n) is 12.7. The minimum absolute atomic E-state index is 0.0665. The lowest BCUT2D eigenvalue weighted by atomic mass is 9.32. The minimum atomic E-state index is -0.915. The second-order valence-corrected chi connectivity index (χ2v) is 18.3. The van der Waals surface area contributed by atoms with Crippen LogP contribution in [0.25, 0.3) is 11.1 Å². The Hall–Kier alpha value is -3.06. The predicted octanol–water partition coefficient (Wildman–Crippen LogP) is 8.76. The fourth-order valence-corrected chi connectivity index (χ4v) is 12.8. The highest BCUT2D eigenvalue weighted by molar-refractivity contribution is 6.30. The first kappa shape index (κ1) is 34.7. The lowest BCUT2D eigenvalue weighted by molar-refractivity contribution is -0.178. The summed E-state index contributed by atoms with van der Waals surface area (Å²) >= 11 is 6.14. The van der Waals surface area contributed by atoms with Crippen LogP contribution in [-0.4, -0.2) is 57.3 Å². The molecule has 0 aromatic heterocycles. The normalized spacial score (nSPS) is 39.0. The summed E-state index contributed by atoms with van der Waals surface area (Å²) in [6.45, 7) is 6.75. The van der Waals surface area contributed by atoms with Gasteiger partial charge in [0.1, 0.15) is 0 Å². The summed E-state index contributed by atoms with van der Waals surface area (Å²) < 4.78 is 0. The monoisotopic (exact) mass is 717 g/mol. The van der Waals surface area contributed by atoms with Crippen molar-refractivity contribution in [2.24, 2.45) is 33.5 Å². The van der Waals surface area contributed by atoms with Crippen LogP contribution in [0, 0.1) is 33.5 Å². The number of likely N-dealkylation sites (tertiary alicyclic amines) is 1. The van der Waals surface area contributed by atoms with E-state index in [4.69, 9.17) is 11.6 Å². The van der Waals surface area contributed by atoms with Crippen LogP contribution in [0.1, 0.15) is 87.6 Å². The number of hydrogen-bond acceptors (Lipinski definition) is 5. The molecule has 3 saturated carbocycles. The van der Waals surface area contributed by atoms with Crippen LogP contribution in [-0.2, 0) is 5.60 Å². The highest BCUT2D eigenvalue weighted by atomic mass is 35.5. The van der Waals surface area contributed by atoms with E-state index in [1.165, 1.54) is 0 Å². The summed E-state index contributed by atoms with van der Waals surface area (Å²) in [5.74, 6) is 0.457. The Labute approximate surface area is 313 Å². The van der Waals surface area contributed by atoms with Crippen molar-refractivity contribution in [3.8, 4) is 11.1 Å². The van der Waals surface area contributed by atoms with Gasteiger partial charge in [0.15, 0.2) is 5.78 Å². The molecule has 6 aliphatic carbocycles. The topological polar surface area (TPSA) is 81.0 Å². The molecule has 52 heavy (non-hydrogen) atoms. The summed E-state index contributed by atoms with van der Waals surface area (Å²) in [6.07, 6.45) is 13.7. The van der Waals surface area contributed by atoms with Crippen LogP contribution >= 0.6 is 11.6 Å². The van der Waals surface area contributed by atoms with E-state index >= 15 is 4.79 Å². The molecule has 4 fully saturated rings. The van der Waals surface area contributed by atoms with E-state index in [0.717, 1.165) is 54.4 Å². The number of benzene rings is 3. The van der Waals surface area contributed by atoms with E-state index in [9.17, 15) is 15.3 Å². The third-order valence-corrected chi connectivity index (χ3v) is 16.0. The number of halogens is 1. The van der Waals surface area contributed by atoms with Gasteiger partial charge in [-0.1, -0.05) is 110 Å². The third-order valence-electron chi connectivity index (χ3n) is 15.8. The zero-order valence-corrected chi connectivity index (χ0v) is 31.3. The van der Waals surface area contributed by atoms with Crippen LogP contribution < -0.4 is 0 Å². The molecule has 7 aliphatic rings. The van der Waals surface area contributed by atoms with E-state index in [2.05, 4.69) is 61.2 Å². The largest absolute Gasteiger partial charge is 0.393 e. The van der Waals surface area contributed by atoms with E-state index in [1.54, 1.807) is 0 Å². The molecule has 0 radical (unpaired) electrons. The van der Waals surface area contributed by atoms with Gasteiger partial charge in [-0.3, -0.25) is 4.79 Å². The van der Waals surface area contributed by atoms with E-state index in [-0.39, 0.29) is 34.6 Å². The van der Waals surface area contributed by atoms with Crippen molar-refractivity contribution in [2.45, 2.75) is 88.9 Å². The average Bonchev–Trinajstić information content (AvgIpc) is 3.42. The number of piperidine rings is 1. The lowest BCUT2D eigenvalue weighted by Crippen LogP contribution is -2.67. The second-order valence-electron chi connectivity index (χ2n) is 17.9. The summed E-state index contributed by atoms with van der Waals surface area (Å²) in [6, 6.07) is 25.9. The molecule has 10 rings (SSSR count). The van der Waals surface area contributed by atoms with Crippen molar-refractivity contribution < 1.29 is 20.1 Å². The summed E-state index contributed by atoms with van der Waals surface area (Å²) in [5.41, 5.74) is 1.60. The zero-order valence-electron chi connectivity index (χ0n) is 30.5. The Balaban J connectivity index is 1.05. The quantitative estimate of drug-likeness (QED) is 0.176. The molecular weight excluding hydrogens is 666 g/mol. The first-order chi connectivity index (χ1) is 24.8. The van der Waals surface area contributed by atoms with E-state index in [1.807, 2.05) is 54.6 Å². The highest BCUT2D eigenvalue weighted by Gasteiger charge is 2.74. The standard InChI is InChI=1S/C46H52ClNO4/c1-41-19-16-36(49)28-43(41)22-23-46(37(29-43)40(50)33-10-8-32(9-11-33)31-6-4-3-5-7-31)38(41)17-20-42(2)39(46)18-21-45(42,52)30-48-26-24-44(51,25-27-48)34-12-14-35(47)15-13-34/h3-15,22-23,29,36,38-39,49,51-52H,16-21,24-28,30H2,1-2H3. The molecule has 8 atom stereocenters. The molecule has 5 nitrogen and oxygen atoms in total. The average molecular weight is 718 g/mol. The SMILES string of the molecule is CC12CCC(O)CC13C=CC1(C(C(=O)c4ccc(-c5ccccc5)cc4)=C3)C2CCC2(C)C1CCC2(O)CN1CCC(O)(c2ccc(Cl)cc2)CC1. The molecule has 1 aliphatic heterocycles. The Morgan fingerprint density at radius 3 is 2.12 bits per heavy atom. The minimum Gasteiger partial charge on any atom is -0.393 e. The molecule has 0 amide bonds. The van der Waals surface area contributed by atoms with Gasteiger partial charge >= 0.3 is 0 Å². The van der Waals surface area contributed by atoms with Gasteiger partial charge < -0.3 is 20.2 Å². The Bertz CT molecular complexity index is 1930. The van der Waals surface area contributed by atoms with E-state index < -0.39 is 22.0 Å². The molecule has 1 saturated heterocycles. The maximum atomic E-state index is 15.0. The van der Waals surface area contributed by atoms with Crippen molar-refractivity contribution in [1.29, 1.82) is 0 Å². The number of rotatable bonds is 6. The van der Waals surface area contributed by atoms with Crippen molar-refractivity contribution in [2.75, 3.05) is 19.6 Å². The van der Waals surface area contributed by atoms with Crippen LogP contribution in [0.5, 0.6) is 0 Å². The van der Waals surface area contributed by atoms with Gasteiger partial charge in [0, 0.05) is 52.0 Å². The molecule has 6 heteroatoms. The number of aliphatic hydroxyl groups is 3. The smallest absolute Gasteiger partial charge is 0.189 e. The van der Waals surface area contributed by atoms with Gasteiger partial charge in [-0.2, -0.15) is 0 Å². The van der Waals surface area contributed by atoms with Gasteiger partial charge in [-0.05, 0) is 104 Å². The molecular formula is C46H52ClNO4. The van der Waals surface area contributed by atoms with E-state index in [0.29, 0.717) is 55.9 Å². The number of Topliss-reactive ketones (excluding diaryl/α,β-unsaturated/α-hetero) is 1. The Morgan fingerprint density at radius 2 is 1.40 bits per heavy atom. The molecule has 3 aromatic carbocycles. The fraction of sp³-hybridized carbons (Fsp3) is 0.500. The molecule has 1 heterocycles. The number of β-amino-alcohol motifs (C(OH)–C–C–N with tert-alkyl or cyclic N) is 1. The summed E-state index contributed by atoms with van der Waals surface area (Å²) in [5, 5.41) is 36.3. The summed E-state index contributed by atoms with van der Waals surface area (Å²) in [4.78, 5) is 17.4. The highest BCUT2D eigenvalue weighted by Crippen LogP contribution is 2.78.